The second-order valence-electron chi connectivity index (χ2n) is 5.61. The average molecular weight is 296 g/mol. The van der Waals surface area contributed by atoms with Gasteiger partial charge in [-0.15, -0.1) is 0 Å². The molecule has 0 saturated carbocycles. The van der Waals surface area contributed by atoms with E-state index in [0.717, 1.165) is 47.4 Å². The molecule has 7 nitrogen and oxygen atoms in total. The zero-order chi connectivity index (χ0) is 15.1. The number of fused-ring (bicyclic) bond motifs is 2. The Morgan fingerprint density at radius 1 is 1.36 bits per heavy atom. The number of aryl methyl sites for hydroxylation is 2. The molecular formula is C15H16N6O. The van der Waals surface area contributed by atoms with E-state index in [2.05, 4.69) is 20.3 Å². The van der Waals surface area contributed by atoms with Gasteiger partial charge in [0.1, 0.15) is 6.54 Å². The average Bonchev–Trinajstić information content (AvgIpc) is 3.13. The van der Waals surface area contributed by atoms with Gasteiger partial charge in [-0.1, -0.05) is 0 Å². The molecule has 1 N–H and O–H groups in total. The maximum atomic E-state index is 12.6. The van der Waals surface area contributed by atoms with Crippen molar-refractivity contribution in [3.8, 4) is 0 Å². The van der Waals surface area contributed by atoms with Crippen molar-refractivity contribution in [2.24, 2.45) is 0 Å². The van der Waals surface area contributed by atoms with E-state index >= 15 is 0 Å². The van der Waals surface area contributed by atoms with Crippen LogP contribution in [-0.2, 0) is 17.8 Å². The van der Waals surface area contributed by atoms with Crippen molar-refractivity contribution < 1.29 is 4.79 Å². The Balaban J connectivity index is 1.62. The highest BCUT2D eigenvalue weighted by Crippen LogP contribution is 2.25. The molecule has 3 aromatic rings. The molecule has 0 radical (unpaired) electrons. The third-order valence-electron chi connectivity index (χ3n) is 3.99. The zero-order valence-electron chi connectivity index (χ0n) is 12.3. The molecule has 22 heavy (non-hydrogen) atoms. The van der Waals surface area contributed by atoms with Gasteiger partial charge in [-0.2, -0.15) is 10.2 Å². The second kappa shape index (κ2) is 4.94. The first kappa shape index (κ1) is 13.0. The lowest BCUT2D eigenvalue weighted by molar-refractivity contribution is -0.119. The first-order valence-corrected chi connectivity index (χ1v) is 7.33. The van der Waals surface area contributed by atoms with Crippen molar-refractivity contribution in [3.05, 3.63) is 35.9 Å². The van der Waals surface area contributed by atoms with Crippen molar-refractivity contribution in [1.29, 1.82) is 0 Å². The zero-order valence-corrected chi connectivity index (χ0v) is 12.3. The third kappa shape index (κ3) is 2.05. The molecular weight excluding hydrogens is 280 g/mol. The Morgan fingerprint density at radius 3 is 3.18 bits per heavy atom. The Hall–Kier alpha value is -2.70. The second-order valence-corrected chi connectivity index (χ2v) is 5.61. The summed E-state index contributed by atoms with van der Waals surface area (Å²) in [6.45, 7) is 2.89. The van der Waals surface area contributed by atoms with Gasteiger partial charge in [0, 0.05) is 18.1 Å². The van der Waals surface area contributed by atoms with Crippen molar-refractivity contribution >= 4 is 22.6 Å². The first-order chi connectivity index (χ1) is 10.7. The van der Waals surface area contributed by atoms with Crippen molar-refractivity contribution in [3.63, 3.8) is 0 Å². The molecule has 3 aromatic heterocycles. The number of pyridine rings is 1. The number of H-pyrrole nitrogens is 1. The van der Waals surface area contributed by atoms with Crippen LogP contribution in [0.5, 0.6) is 0 Å². The van der Waals surface area contributed by atoms with Gasteiger partial charge in [-0.3, -0.25) is 9.89 Å². The predicted octanol–water partition coefficient (Wildman–Crippen LogP) is 1.44. The van der Waals surface area contributed by atoms with Crippen molar-refractivity contribution in [2.45, 2.75) is 26.3 Å². The highest BCUT2D eigenvalue weighted by Gasteiger charge is 2.24. The van der Waals surface area contributed by atoms with E-state index in [1.165, 1.54) is 0 Å². The molecule has 1 aliphatic rings. The van der Waals surface area contributed by atoms with Crippen LogP contribution < -0.4 is 4.90 Å². The molecule has 4 heterocycles. The van der Waals surface area contributed by atoms with Gasteiger partial charge in [0.15, 0.2) is 5.65 Å². The van der Waals surface area contributed by atoms with E-state index in [1.54, 1.807) is 28.2 Å². The molecule has 0 aliphatic carbocycles. The van der Waals surface area contributed by atoms with Gasteiger partial charge in [0.05, 0.1) is 23.8 Å². The third-order valence-corrected chi connectivity index (χ3v) is 3.99. The van der Waals surface area contributed by atoms with E-state index in [4.69, 9.17) is 0 Å². The number of nitrogens with one attached hydrogen (secondary N) is 1. The number of nitrogens with zero attached hydrogens (tertiary/aromatic N) is 5. The summed E-state index contributed by atoms with van der Waals surface area (Å²) >= 11 is 0. The normalized spacial score (nSPS) is 14.3. The van der Waals surface area contributed by atoms with Crippen LogP contribution in [0.15, 0.2) is 24.7 Å². The van der Waals surface area contributed by atoms with Crippen LogP contribution in [0.25, 0.3) is 11.0 Å². The van der Waals surface area contributed by atoms with Gasteiger partial charge in [-0.25, -0.2) is 9.67 Å². The molecule has 0 spiro atoms. The summed E-state index contributed by atoms with van der Waals surface area (Å²) in [5.74, 6) is 0.00900. The minimum Gasteiger partial charge on any atom is -0.308 e. The lowest BCUT2D eigenvalue weighted by Gasteiger charge is -2.26. The van der Waals surface area contributed by atoms with Gasteiger partial charge in [0.25, 0.3) is 0 Å². The Morgan fingerprint density at radius 2 is 2.27 bits per heavy atom. The summed E-state index contributed by atoms with van der Waals surface area (Å²) in [4.78, 5) is 18.8. The Labute approximate surface area is 126 Å². The number of aromatic nitrogens is 5. The fourth-order valence-electron chi connectivity index (χ4n) is 2.93. The number of hydrogen-bond acceptors (Lipinski definition) is 4. The minimum atomic E-state index is 0.00900. The van der Waals surface area contributed by atoms with Crippen LogP contribution in [-0.4, -0.2) is 37.4 Å². The number of anilines is 1. The maximum Gasteiger partial charge on any atom is 0.248 e. The molecule has 1 aliphatic heterocycles. The van der Waals surface area contributed by atoms with Crippen LogP contribution in [0.2, 0.25) is 0 Å². The van der Waals surface area contributed by atoms with E-state index < -0.39 is 0 Å². The van der Waals surface area contributed by atoms with Crippen LogP contribution in [0, 0.1) is 6.92 Å². The largest absolute Gasteiger partial charge is 0.308 e. The van der Waals surface area contributed by atoms with Crippen LogP contribution >= 0.6 is 0 Å². The predicted molar refractivity (Wildman–Crippen MR) is 81.5 cm³/mol. The van der Waals surface area contributed by atoms with E-state index in [0.29, 0.717) is 0 Å². The number of aromatic amines is 1. The number of carbonyl (C=O) groups excluding carboxylic acids is 1. The summed E-state index contributed by atoms with van der Waals surface area (Å²) in [5, 5.41) is 12.3. The summed E-state index contributed by atoms with van der Waals surface area (Å²) in [6.07, 6.45) is 7.14. The number of amides is 1. The fraction of sp³-hybridized carbons (Fsp3) is 0.333. The molecule has 112 valence electrons. The smallest absolute Gasteiger partial charge is 0.248 e. The number of hydrogen-bond donors (Lipinski definition) is 1. The molecule has 4 rings (SSSR count). The first-order valence-electron chi connectivity index (χ1n) is 7.33. The van der Waals surface area contributed by atoms with Crippen LogP contribution in [0.4, 0.5) is 5.69 Å². The molecule has 0 atom stereocenters. The van der Waals surface area contributed by atoms with E-state index in [1.807, 2.05) is 13.0 Å². The topological polar surface area (TPSA) is 79.7 Å². The van der Waals surface area contributed by atoms with Crippen LogP contribution in [0.1, 0.15) is 17.7 Å². The molecule has 1 amide bonds. The lowest BCUT2D eigenvalue weighted by atomic mass is 10.1. The Kier molecular flexibility index (Phi) is 2.92. The quantitative estimate of drug-likeness (QED) is 0.776. The summed E-state index contributed by atoms with van der Waals surface area (Å²) in [6, 6.07) is 2.02. The van der Waals surface area contributed by atoms with Crippen molar-refractivity contribution in [2.75, 3.05) is 11.4 Å². The summed E-state index contributed by atoms with van der Waals surface area (Å²) in [5.41, 5.74) is 3.73. The number of rotatable bonds is 2. The maximum absolute atomic E-state index is 12.6. The lowest BCUT2D eigenvalue weighted by Crippen LogP contribution is -2.37. The highest BCUT2D eigenvalue weighted by atomic mass is 16.2. The van der Waals surface area contributed by atoms with Gasteiger partial charge in [-0.05, 0) is 31.4 Å². The molecule has 0 fully saturated rings. The Bertz CT molecular complexity index is 849. The molecule has 7 heteroatoms. The summed E-state index contributed by atoms with van der Waals surface area (Å²) in [7, 11) is 0. The van der Waals surface area contributed by atoms with Gasteiger partial charge in [0.2, 0.25) is 5.91 Å². The van der Waals surface area contributed by atoms with Crippen LogP contribution in [0.3, 0.4) is 0 Å². The molecule has 0 aromatic carbocycles. The monoisotopic (exact) mass is 296 g/mol. The standard InChI is InChI=1S/C15H16N6O/c1-10-5-11-7-18-21(15(11)16-6-10)9-14(22)20-4-2-3-12-13(20)8-17-19-12/h5-8H,2-4,9H2,1H3,(H,17,19). The SMILES string of the molecule is Cc1cnc2c(cnn2CC(=O)N2CCCc3[nH]ncc32)c1. The molecule has 0 saturated heterocycles. The molecule has 0 unspecified atom stereocenters. The highest BCUT2D eigenvalue weighted by molar-refractivity contribution is 5.94. The van der Waals surface area contributed by atoms with Crippen molar-refractivity contribution in [1.82, 2.24) is 25.0 Å². The van der Waals surface area contributed by atoms with E-state index in [9.17, 15) is 4.79 Å². The minimum absolute atomic E-state index is 0.00900. The van der Waals surface area contributed by atoms with Gasteiger partial charge < -0.3 is 4.90 Å². The number of carbonyl (C=O) groups is 1. The molecule has 0 bridgehead atoms. The fourth-order valence-corrected chi connectivity index (χ4v) is 2.93. The van der Waals surface area contributed by atoms with Gasteiger partial charge >= 0.3 is 0 Å². The summed E-state index contributed by atoms with van der Waals surface area (Å²) < 4.78 is 1.66. The van der Waals surface area contributed by atoms with E-state index in [-0.39, 0.29) is 12.5 Å².